The lowest BCUT2D eigenvalue weighted by Gasteiger charge is -2.00. The molecule has 0 aliphatic rings. The number of carbonyl (C=O) groups is 1. The van der Waals surface area contributed by atoms with Gasteiger partial charge in [0.05, 0.1) is 0 Å². The van der Waals surface area contributed by atoms with Crippen LogP contribution in [0.5, 0.6) is 0 Å². The van der Waals surface area contributed by atoms with E-state index in [-0.39, 0.29) is 5.78 Å². The predicted octanol–water partition coefficient (Wildman–Crippen LogP) is 5.70. The molecular formula is C22H23NO2. The summed E-state index contributed by atoms with van der Waals surface area (Å²) in [6.07, 6.45) is 4.40. The van der Waals surface area contributed by atoms with Crippen LogP contribution in [0.15, 0.2) is 65.1 Å². The molecule has 0 amide bonds. The van der Waals surface area contributed by atoms with Crippen LogP contribution < -0.4 is 0 Å². The molecule has 0 bridgehead atoms. The van der Waals surface area contributed by atoms with E-state index in [4.69, 9.17) is 9.40 Å². The number of carbonyl (C=O) groups excluding carboxylic acids is 1. The van der Waals surface area contributed by atoms with E-state index in [9.17, 15) is 4.79 Å². The molecule has 0 N–H and O–H groups in total. The fourth-order valence-electron chi connectivity index (χ4n) is 2.88. The van der Waals surface area contributed by atoms with Gasteiger partial charge in [-0.1, -0.05) is 67.1 Å². The molecule has 0 saturated carbocycles. The second kappa shape index (κ2) is 8.43. The van der Waals surface area contributed by atoms with Crippen molar-refractivity contribution >= 4 is 5.78 Å². The van der Waals surface area contributed by atoms with E-state index in [1.165, 1.54) is 0 Å². The van der Waals surface area contributed by atoms with Crippen molar-refractivity contribution in [2.24, 2.45) is 0 Å². The average molecular weight is 333 g/mol. The summed E-state index contributed by atoms with van der Waals surface area (Å²) < 4.78 is 6.10. The lowest BCUT2D eigenvalue weighted by molar-refractivity contribution is -0.117. The number of aryl methyl sites for hydroxylation is 1. The van der Waals surface area contributed by atoms with Crippen molar-refractivity contribution in [3.05, 3.63) is 66.6 Å². The Bertz CT molecular complexity index is 750. The molecule has 1 aromatic heterocycles. The van der Waals surface area contributed by atoms with Crippen molar-refractivity contribution in [2.45, 2.75) is 39.0 Å². The van der Waals surface area contributed by atoms with Gasteiger partial charge in [0.25, 0.3) is 0 Å². The number of unbranched alkanes of at least 4 members (excludes halogenated alkanes) is 2. The molecule has 0 aliphatic heterocycles. The molecule has 3 aromatic rings. The fraction of sp³-hybridized carbons (Fsp3) is 0.273. The molecule has 3 rings (SSSR count). The van der Waals surface area contributed by atoms with Crippen LogP contribution in [-0.4, -0.2) is 10.8 Å². The zero-order chi connectivity index (χ0) is 17.5. The quantitative estimate of drug-likeness (QED) is 0.497. The Balaban J connectivity index is 1.79. The molecule has 0 atom stereocenters. The third-order valence-electron chi connectivity index (χ3n) is 4.17. The first-order valence-electron chi connectivity index (χ1n) is 8.84. The molecule has 0 saturated heterocycles. The van der Waals surface area contributed by atoms with Gasteiger partial charge in [0.2, 0.25) is 0 Å². The molecule has 0 unspecified atom stereocenters. The Kier molecular flexibility index (Phi) is 5.78. The van der Waals surface area contributed by atoms with Crippen LogP contribution in [0.2, 0.25) is 0 Å². The highest BCUT2D eigenvalue weighted by Gasteiger charge is 2.16. The highest BCUT2D eigenvalue weighted by atomic mass is 16.4. The Morgan fingerprint density at radius 1 is 0.880 bits per heavy atom. The molecule has 25 heavy (non-hydrogen) atoms. The molecule has 0 radical (unpaired) electrons. The molecular weight excluding hydrogens is 310 g/mol. The lowest BCUT2D eigenvalue weighted by Crippen LogP contribution is -1.91. The van der Waals surface area contributed by atoms with Crippen molar-refractivity contribution in [1.82, 2.24) is 4.98 Å². The highest BCUT2D eigenvalue weighted by Crippen LogP contribution is 2.32. The number of hydrogen-bond acceptors (Lipinski definition) is 3. The number of oxazole rings is 1. The first-order chi connectivity index (χ1) is 12.2. The predicted molar refractivity (Wildman–Crippen MR) is 100 cm³/mol. The van der Waals surface area contributed by atoms with E-state index in [1.807, 2.05) is 48.5 Å². The highest BCUT2D eigenvalue weighted by molar-refractivity contribution is 5.76. The van der Waals surface area contributed by atoms with Crippen molar-refractivity contribution < 1.29 is 9.21 Å². The van der Waals surface area contributed by atoms with Crippen LogP contribution in [0.3, 0.4) is 0 Å². The zero-order valence-electron chi connectivity index (χ0n) is 14.6. The number of ketones is 1. The summed E-state index contributed by atoms with van der Waals surface area (Å²) in [7, 11) is 0. The minimum Gasteiger partial charge on any atom is -0.440 e. The summed E-state index contributed by atoms with van der Waals surface area (Å²) in [5, 5.41) is 0. The van der Waals surface area contributed by atoms with Gasteiger partial charge < -0.3 is 9.21 Å². The second-order valence-corrected chi connectivity index (χ2v) is 6.28. The number of hydrogen-bond donors (Lipinski definition) is 0. The maximum absolute atomic E-state index is 11.0. The molecule has 3 nitrogen and oxygen atoms in total. The summed E-state index contributed by atoms with van der Waals surface area (Å²) in [5.41, 5.74) is 3.00. The van der Waals surface area contributed by atoms with Gasteiger partial charge in [-0.2, -0.15) is 0 Å². The average Bonchev–Trinajstić information content (AvgIpc) is 3.07. The molecule has 2 aromatic carbocycles. The van der Waals surface area contributed by atoms with E-state index in [0.717, 1.165) is 54.2 Å². The van der Waals surface area contributed by atoms with Gasteiger partial charge in [-0.05, 0) is 19.8 Å². The van der Waals surface area contributed by atoms with Crippen molar-refractivity contribution in [2.75, 3.05) is 0 Å². The lowest BCUT2D eigenvalue weighted by atomic mass is 10.1. The molecule has 3 heteroatoms. The monoisotopic (exact) mass is 333 g/mol. The smallest absolute Gasteiger partial charge is 0.195 e. The third-order valence-corrected chi connectivity index (χ3v) is 4.17. The van der Waals surface area contributed by atoms with Crippen molar-refractivity contribution in [3.63, 3.8) is 0 Å². The van der Waals surface area contributed by atoms with Gasteiger partial charge in [-0.3, -0.25) is 0 Å². The van der Waals surface area contributed by atoms with Gasteiger partial charge in [0, 0.05) is 24.0 Å². The van der Waals surface area contributed by atoms with Crippen LogP contribution in [-0.2, 0) is 11.2 Å². The number of Topliss-reactive ketones (excluding diaryl/α,β-unsaturated/α-hetero) is 1. The number of benzene rings is 2. The topological polar surface area (TPSA) is 43.1 Å². The van der Waals surface area contributed by atoms with Crippen LogP contribution in [0.25, 0.3) is 22.6 Å². The van der Waals surface area contributed by atoms with Gasteiger partial charge in [-0.15, -0.1) is 0 Å². The standard InChI is InChI=1S/C22H23NO2/c1-17(24)11-5-2-10-16-20-23-21(18-12-6-3-7-13-18)22(25-20)19-14-8-4-9-15-19/h3-4,6-9,12-15H,2,5,10-11,16H2,1H3. The van der Waals surface area contributed by atoms with E-state index < -0.39 is 0 Å². The largest absolute Gasteiger partial charge is 0.440 e. The first kappa shape index (κ1) is 17.2. The van der Waals surface area contributed by atoms with Gasteiger partial charge in [0.15, 0.2) is 11.7 Å². The Morgan fingerprint density at radius 3 is 2.16 bits per heavy atom. The minimum absolute atomic E-state index is 0.258. The molecule has 0 spiro atoms. The van der Waals surface area contributed by atoms with Crippen LogP contribution in [0.4, 0.5) is 0 Å². The van der Waals surface area contributed by atoms with Crippen LogP contribution >= 0.6 is 0 Å². The van der Waals surface area contributed by atoms with E-state index in [2.05, 4.69) is 12.1 Å². The SMILES string of the molecule is CC(=O)CCCCCc1nc(-c2ccccc2)c(-c2ccccc2)o1. The molecule has 0 fully saturated rings. The summed E-state index contributed by atoms with van der Waals surface area (Å²) in [4.78, 5) is 15.8. The van der Waals surface area contributed by atoms with Crippen molar-refractivity contribution in [3.8, 4) is 22.6 Å². The van der Waals surface area contributed by atoms with Gasteiger partial charge in [-0.25, -0.2) is 4.98 Å². The summed E-state index contributed by atoms with van der Waals surface area (Å²) >= 11 is 0. The Hall–Kier alpha value is -2.68. The number of aromatic nitrogens is 1. The normalized spacial score (nSPS) is 10.8. The fourth-order valence-corrected chi connectivity index (χ4v) is 2.88. The van der Waals surface area contributed by atoms with E-state index in [0.29, 0.717) is 6.42 Å². The minimum atomic E-state index is 0.258. The Morgan fingerprint density at radius 2 is 1.52 bits per heavy atom. The maximum atomic E-state index is 11.0. The van der Waals surface area contributed by atoms with Crippen molar-refractivity contribution in [1.29, 1.82) is 0 Å². The summed E-state index contributed by atoms with van der Waals surface area (Å²) in [5.74, 6) is 1.85. The number of rotatable bonds is 8. The summed E-state index contributed by atoms with van der Waals surface area (Å²) in [6.45, 7) is 1.65. The third kappa shape index (κ3) is 4.66. The van der Waals surface area contributed by atoms with E-state index in [1.54, 1.807) is 6.92 Å². The van der Waals surface area contributed by atoms with E-state index >= 15 is 0 Å². The maximum Gasteiger partial charge on any atom is 0.195 e. The molecule has 0 aliphatic carbocycles. The molecule has 128 valence electrons. The molecule has 1 heterocycles. The Labute approximate surface area is 148 Å². The first-order valence-corrected chi connectivity index (χ1v) is 8.84. The van der Waals surface area contributed by atoms with Crippen LogP contribution in [0.1, 0.15) is 38.5 Å². The number of nitrogens with zero attached hydrogens (tertiary/aromatic N) is 1. The van der Waals surface area contributed by atoms with Crippen LogP contribution in [0, 0.1) is 0 Å². The summed E-state index contributed by atoms with van der Waals surface area (Å²) in [6, 6.07) is 20.2. The van der Waals surface area contributed by atoms with Gasteiger partial charge >= 0.3 is 0 Å². The second-order valence-electron chi connectivity index (χ2n) is 6.28. The zero-order valence-corrected chi connectivity index (χ0v) is 14.6. The van der Waals surface area contributed by atoms with Gasteiger partial charge in [0.1, 0.15) is 11.5 Å².